The molecule has 0 saturated carbocycles. The van der Waals surface area contributed by atoms with Gasteiger partial charge in [0.15, 0.2) is 5.69 Å². The largest absolute Gasteiger partial charge is 0.364 e. The van der Waals surface area contributed by atoms with Crippen LogP contribution >= 0.6 is 11.6 Å². The van der Waals surface area contributed by atoms with Gasteiger partial charge >= 0.3 is 0 Å². The van der Waals surface area contributed by atoms with Crippen LogP contribution in [0.4, 0.5) is 15.9 Å². The summed E-state index contributed by atoms with van der Waals surface area (Å²) >= 11 is 6.09. The predicted octanol–water partition coefficient (Wildman–Crippen LogP) is 4.13. The first-order valence-corrected chi connectivity index (χ1v) is 7.87. The van der Waals surface area contributed by atoms with Crippen molar-refractivity contribution in [3.8, 4) is 0 Å². The molecule has 0 radical (unpaired) electrons. The van der Waals surface area contributed by atoms with Crippen LogP contribution in [0, 0.1) is 5.82 Å². The molecular weight excluding hydrogens is 343 g/mol. The van der Waals surface area contributed by atoms with Crippen molar-refractivity contribution >= 4 is 29.0 Å². The number of hydrogen-bond donors (Lipinski definition) is 2. The average Bonchev–Trinajstić information content (AvgIpc) is 2.61. The summed E-state index contributed by atoms with van der Waals surface area (Å²) in [5.74, 6) is -0.374. The van der Waals surface area contributed by atoms with Crippen LogP contribution in [0.1, 0.15) is 16.1 Å². The molecule has 25 heavy (non-hydrogen) atoms. The van der Waals surface area contributed by atoms with Gasteiger partial charge in [0.25, 0.3) is 5.91 Å². The van der Waals surface area contributed by atoms with Crippen LogP contribution in [0.2, 0.25) is 5.02 Å². The number of carbonyl (C=O) groups excluding carboxylic acids is 1. The number of anilines is 2. The Morgan fingerprint density at radius 3 is 2.60 bits per heavy atom. The lowest BCUT2D eigenvalue weighted by atomic mass is 10.2. The molecule has 1 heterocycles. The molecule has 1 aromatic heterocycles. The van der Waals surface area contributed by atoms with Gasteiger partial charge in [-0.2, -0.15) is 0 Å². The number of benzene rings is 2. The fourth-order valence-electron chi connectivity index (χ4n) is 2.14. The number of hydrogen-bond acceptors (Lipinski definition) is 4. The monoisotopic (exact) mass is 356 g/mol. The van der Waals surface area contributed by atoms with Crippen molar-refractivity contribution in [2.24, 2.45) is 0 Å². The van der Waals surface area contributed by atoms with Crippen LogP contribution in [-0.4, -0.2) is 16.1 Å². The van der Waals surface area contributed by atoms with E-state index >= 15 is 0 Å². The van der Waals surface area contributed by atoms with Gasteiger partial charge in [0.1, 0.15) is 11.6 Å². The summed E-state index contributed by atoms with van der Waals surface area (Å²) in [5.41, 5.74) is 1.42. The van der Waals surface area contributed by atoms with Crippen LogP contribution in [0.5, 0.6) is 0 Å². The standard InChI is InChI=1S/C18H14ClFN4O/c19-15-7-2-1-4-12(15)11-21-17-9-8-16(23-24-17)18(25)22-14-6-3-5-13(20)10-14/h1-10H,11H2,(H,21,24)(H,22,25). The topological polar surface area (TPSA) is 66.9 Å². The van der Waals surface area contributed by atoms with Crippen LogP contribution < -0.4 is 10.6 Å². The van der Waals surface area contributed by atoms with Crippen LogP contribution in [0.3, 0.4) is 0 Å². The Morgan fingerprint density at radius 1 is 1.04 bits per heavy atom. The first kappa shape index (κ1) is 16.9. The van der Waals surface area contributed by atoms with Gasteiger partial charge in [-0.25, -0.2) is 4.39 Å². The van der Waals surface area contributed by atoms with Crippen molar-refractivity contribution in [2.75, 3.05) is 10.6 Å². The molecule has 1 amide bonds. The second-order valence-electron chi connectivity index (χ2n) is 5.21. The van der Waals surface area contributed by atoms with E-state index in [1.165, 1.54) is 24.3 Å². The van der Waals surface area contributed by atoms with E-state index in [0.717, 1.165) is 5.56 Å². The Kier molecular flexibility index (Phi) is 5.20. The van der Waals surface area contributed by atoms with E-state index in [1.807, 2.05) is 24.3 Å². The second-order valence-corrected chi connectivity index (χ2v) is 5.62. The number of carbonyl (C=O) groups is 1. The fraction of sp³-hybridized carbons (Fsp3) is 0.0556. The van der Waals surface area contributed by atoms with Crippen LogP contribution in [0.25, 0.3) is 0 Å². The minimum Gasteiger partial charge on any atom is -0.364 e. The maximum atomic E-state index is 13.1. The molecule has 5 nitrogen and oxygen atoms in total. The minimum absolute atomic E-state index is 0.132. The summed E-state index contributed by atoms with van der Waals surface area (Å²) in [6, 6.07) is 16.3. The lowest BCUT2D eigenvalue weighted by molar-refractivity contribution is 0.102. The summed E-state index contributed by atoms with van der Waals surface area (Å²) in [4.78, 5) is 12.1. The van der Waals surface area contributed by atoms with Crippen LogP contribution in [-0.2, 0) is 6.54 Å². The molecule has 0 bridgehead atoms. The van der Waals surface area contributed by atoms with Gasteiger partial charge in [-0.15, -0.1) is 10.2 Å². The van der Waals surface area contributed by atoms with E-state index in [9.17, 15) is 9.18 Å². The first-order valence-electron chi connectivity index (χ1n) is 7.50. The predicted molar refractivity (Wildman–Crippen MR) is 95.2 cm³/mol. The molecule has 2 aromatic carbocycles. The Bertz CT molecular complexity index is 886. The number of nitrogens with one attached hydrogen (secondary N) is 2. The van der Waals surface area contributed by atoms with Crippen molar-refractivity contribution in [3.05, 3.63) is 82.8 Å². The highest BCUT2D eigenvalue weighted by Gasteiger charge is 2.09. The summed E-state index contributed by atoms with van der Waals surface area (Å²) in [5, 5.41) is 14.2. The van der Waals surface area contributed by atoms with Crippen molar-refractivity contribution in [3.63, 3.8) is 0 Å². The van der Waals surface area contributed by atoms with Crippen LogP contribution in [0.15, 0.2) is 60.7 Å². The third-order valence-electron chi connectivity index (χ3n) is 3.40. The van der Waals surface area contributed by atoms with Gasteiger partial charge in [-0.3, -0.25) is 4.79 Å². The molecule has 126 valence electrons. The molecular formula is C18H14ClFN4O. The maximum Gasteiger partial charge on any atom is 0.276 e. The summed E-state index contributed by atoms with van der Waals surface area (Å²) < 4.78 is 13.1. The molecule has 0 atom stereocenters. The SMILES string of the molecule is O=C(Nc1cccc(F)c1)c1ccc(NCc2ccccc2Cl)nn1. The lowest BCUT2D eigenvalue weighted by Crippen LogP contribution is -2.15. The van der Waals surface area contributed by atoms with Gasteiger partial charge in [-0.1, -0.05) is 35.9 Å². The van der Waals surface area contributed by atoms with E-state index in [4.69, 9.17) is 11.6 Å². The second kappa shape index (κ2) is 7.72. The van der Waals surface area contributed by atoms with Crippen molar-refractivity contribution in [2.45, 2.75) is 6.54 Å². The number of nitrogens with zero attached hydrogens (tertiary/aromatic N) is 2. The minimum atomic E-state index is -0.462. The van der Waals surface area contributed by atoms with E-state index in [0.29, 0.717) is 23.1 Å². The molecule has 0 aliphatic heterocycles. The zero-order valence-corrected chi connectivity index (χ0v) is 13.8. The van der Waals surface area contributed by atoms with E-state index in [1.54, 1.807) is 12.1 Å². The molecule has 0 aliphatic rings. The lowest BCUT2D eigenvalue weighted by Gasteiger charge is -2.08. The van der Waals surface area contributed by atoms with Gasteiger partial charge in [0, 0.05) is 17.3 Å². The molecule has 2 N–H and O–H groups in total. The third kappa shape index (κ3) is 4.51. The van der Waals surface area contributed by atoms with Crippen molar-refractivity contribution in [1.82, 2.24) is 10.2 Å². The smallest absolute Gasteiger partial charge is 0.276 e. The highest BCUT2D eigenvalue weighted by Crippen LogP contribution is 2.16. The number of aromatic nitrogens is 2. The Balaban J connectivity index is 1.61. The quantitative estimate of drug-likeness (QED) is 0.721. The van der Waals surface area contributed by atoms with Gasteiger partial charge in [-0.05, 0) is 42.0 Å². The molecule has 0 fully saturated rings. The Morgan fingerprint density at radius 2 is 1.88 bits per heavy atom. The summed E-state index contributed by atoms with van der Waals surface area (Å²) in [6.45, 7) is 0.489. The molecule has 3 aromatic rings. The van der Waals surface area contributed by atoms with E-state index in [-0.39, 0.29) is 5.69 Å². The van der Waals surface area contributed by atoms with Gasteiger partial charge in [0.05, 0.1) is 0 Å². The van der Waals surface area contributed by atoms with Gasteiger partial charge < -0.3 is 10.6 Å². The number of amides is 1. The summed E-state index contributed by atoms with van der Waals surface area (Å²) in [7, 11) is 0. The Labute approximate surface area is 148 Å². The van der Waals surface area contributed by atoms with E-state index < -0.39 is 11.7 Å². The summed E-state index contributed by atoms with van der Waals surface area (Å²) in [6.07, 6.45) is 0. The molecule has 7 heteroatoms. The molecule has 0 spiro atoms. The normalized spacial score (nSPS) is 10.3. The molecule has 0 aliphatic carbocycles. The first-order chi connectivity index (χ1) is 12.1. The zero-order valence-electron chi connectivity index (χ0n) is 13.0. The zero-order chi connectivity index (χ0) is 17.6. The Hall–Kier alpha value is -2.99. The van der Waals surface area contributed by atoms with E-state index in [2.05, 4.69) is 20.8 Å². The molecule has 0 unspecified atom stereocenters. The third-order valence-corrected chi connectivity index (χ3v) is 3.77. The highest BCUT2D eigenvalue weighted by molar-refractivity contribution is 6.31. The maximum absolute atomic E-state index is 13.1. The number of halogens is 2. The number of rotatable bonds is 5. The molecule has 3 rings (SSSR count). The van der Waals surface area contributed by atoms with Gasteiger partial charge in [0.2, 0.25) is 0 Å². The average molecular weight is 357 g/mol. The highest BCUT2D eigenvalue weighted by atomic mass is 35.5. The van der Waals surface area contributed by atoms with Crippen molar-refractivity contribution in [1.29, 1.82) is 0 Å². The van der Waals surface area contributed by atoms with Crippen molar-refractivity contribution < 1.29 is 9.18 Å². The fourth-order valence-corrected chi connectivity index (χ4v) is 2.34. The molecule has 0 saturated heterocycles.